The number of aliphatic hydroxyl groups excluding tert-OH is 3. The molecule has 0 unspecified atom stereocenters. The van der Waals surface area contributed by atoms with Gasteiger partial charge in [-0.1, -0.05) is 137 Å². The predicted octanol–water partition coefficient (Wildman–Crippen LogP) is 18.7. The van der Waals surface area contributed by atoms with Gasteiger partial charge >= 0.3 is 0 Å². The first-order valence-corrected chi connectivity index (χ1v) is 38.6. The van der Waals surface area contributed by atoms with Gasteiger partial charge < -0.3 is 67.4 Å². The maximum atomic E-state index is 10.3. The van der Waals surface area contributed by atoms with Crippen molar-refractivity contribution in [3.63, 3.8) is 0 Å². The molecule has 8 aromatic rings. The summed E-state index contributed by atoms with van der Waals surface area (Å²) in [6, 6.07) is 56.8. The van der Waals surface area contributed by atoms with E-state index in [0.29, 0.717) is 83.4 Å². The first-order chi connectivity index (χ1) is 50.4. The summed E-state index contributed by atoms with van der Waals surface area (Å²) in [5.74, 6) is -0.415. The zero-order chi connectivity index (χ0) is 73.8. The summed E-state index contributed by atoms with van der Waals surface area (Å²) in [4.78, 5) is 0. The number of hydrogen-bond donors (Lipinski definition) is 3. The Morgan fingerprint density at radius 1 is 0.400 bits per heavy atom. The van der Waals surface area contributed by atoms with E-state index in [0.717, 1.165) is 151 Å². The average Bonchev–Trinajstić information content (AvgIpc) is 1.63. The molecule has 8 bridgehead atoms. The monoisotopic (exact) mass is 1510 g/mol. The standard InChI is InChI=1S/3C22H25ClO4.C21H23ClO2/c1-3-25-19-7-4-15(5-8-19)10-16-11-17(6-9-20(16)23)22-13-18(24)12-21(2,27-22)14-26-22;1-3-25-18-7-4-15(5-8-18)12-16-13-17(6-9-19(16)23)22-11-10-20(24)21(2,27-22)14-26-22;1-2-25-19-7-4-16(5-8-19)12-17-13-18(6-9-20(17)23)22-11-3-10-21(14-24,27-22)15-26-22;1-15-4-6-16(7-5-15)12-17-13-18(8-9-19(17)22)21-11-3-10-20(2,24-21)14-23-21/h4-9,11,18,24H,3,10,12-14H2,1-2H3;4-9,13,20,24H,3,10-12,14H2,1-2H3;4-9,13,24H,2-3,10-12,14-15H2,1H3;4-9,13H,3,10-12,14H2,1-2H3/t18-,21+,22+;20-,21-,22+;21-,22+;20-,21-/m0001/s1. The second kappa shape index (κ2) is 32.2. The molecule has 14 nitrogen and oxygen atoms in total. The van der Waals surface area contributed by atoms with Crippen LogP contribution in [0.25, 0.3) is 0 Å². The normalized spacial score (nSPS) is 28.8. The van der Waals surface area contributed by atoms with Crippen LogP contribution in [-0.2, 0) is 86.7 Å². The third-order valence-electron chi connectivity index (χ3n) is 21.6. The zero-order valence-corrected chi connectivity index (χ0v) is 64.2. The van der Waals surface area contributed by atoms with Gasteiger partial charge in [0.1, 0.15) is 28.5 Å². The van der Waals surface area contributed by atoms with Crippen LogP contribution >= 0.6 is 46.4 Å². The minimum atomic E-state index is -0.884. The van der Waals surface area contributed by atoms with Gasteiger partial charge in [0.2, 0.25) is 0 Å². The first kappa shape index (κ1) is 77.1. The van der Waals surface area contributed by atoms with Gasteiger partial charge in [-0.25, -0.2) is 0 Å². The molecule has 558 valence electrons. The predicted molar refractivity (Wildman–Crippen MR) is 409 cm³/mol. The van der Waals surface area contributed by atoms with Crippen LogP contribution in [-0.4, -0.2) is 103 Å². The number of fused-ring (bicyclic) bond motifs is 8. The molecule has 18 heteroatoms. The lowest BCUT2D eigenvalue weighted by Gasteiger charge is -2.39. The maximum absolute atomic E-state index is 10.3. The minimum absolute atomic E-state index is 0.0125. The summed E-state index contributed by atoms with van der Waals surface area (Å²) in [6.45, 7) is 18.0. The van der Waals surface area contributed by atoms with E-state index >= 15 is 0 Å². The SMILES string of the molecule is CCOc1ccc(Cc2cc([C@]34CCC[C@](CO)(CO3)O4)ccc2Cl)cc1.CCOc1ccc(Cc2cc([C@]34CC[C@H](O)[C@](C)(CO3)O4)ccc2Cl)cc1.CCOc1ccc(Cc2cc([C@]34C[C@@H](O)C[C@](C)(CO3)O4)ccc2Cl)cc1.Cc1ccc(Cc2cc([C@]34CCC[C@](C)(CO3)O4)ccc2Cl)cc1. The first-order valence-electron chi connectivity index (χ1n) is 37.1. The molecule has 8 heterocycles. The maximum Gasteiger partial charge on any atom is 0.198 e. The molecule has 0 saturated carbocycles. The topological polar surface area (TPSA) is 162 Å². The summed E-state index contributed by atoms with van der Waals surface area (Å²) in [7, 11) is 0. The van der Waals surface area contributed by atoms with Crippen molar-refractivity contribution in [1.29, 1.82) is 0 Å². The molecule has 105 heavy (non-hydrogen) atoms. The van der Waals surface area contributed by atoms with Crippen LogP contribution in [0.4, 0.5) is 0 Å². The molecule has 0 aromatic heterocycles. The van der Waals surface area contributed by atoms with E-state index in [2.05, 4.69) is 98.8 Å². The van der Waals surface area contributed by atoms with Crippen molar-refractivity contribution in [2.45, 2.75) is 196 Å². The summed E-state index contributed by atoms with van der Waals surface area (Å²) in [5, 5.41) is 33.3. The number of benzene rings is 8. The molecule has 0 amide bonds. The van der Waals surface area contributed by atoms with Gasteiger partial charge in [0.05, 0.1) is 76.3 Å². The van der Waals surface area contributed by atoms with Crippen LogP contribution in [0.2, 0.25) is 20.1 Å². The Balaban J connectivity index is 0.000000124. The third-order valence-corrected chi connectivity index (χ3v) is 23.1. The number of aryl methyl sites for hydroxylation is 1. The van der Waals surface area contributed by atoms with Gasteiger partial charge in [-0.15, -0.1) is 0 Å². The number of halogens is 4. The molecule has 8 fully saturated rings. The van der Waals surface area contributed by atoms with Crippen molar-refractivity contribution >= 4 is 46.4 Å². The van der Waals surface area contributed by atoms with Crippen molar-refractivity contribution in [2.75, 3.05) is 52.9 Å². The summed E-state index contributed by atoms with van der Waals surface area (Å²) >= 11 is 25.9. The summed E-state index contributed by atoms with van der Waals surface area (Å²) in [5.41, 5.74) is 12.4. The van der Waals surface area contributed by atoms with Crippen LogP contribution in [0.5, 0.6) is 17.2 Å². The second-order valence-corrected chi connectivity index (χ2v) is 31.7. The van der Waals surface area contributed by atoms with Crippen molar-refractivity contribution in [3.05, 3.63) is 262 Å². The molecule has 3 N–H and O–H groups in total. The largest absolute Gasteiger partial charge is 0.494 e. The zero-order valence-electron chi connectivity index (χ0n) is 61.2. The fraction of sp³-hybridized carbons (Fsp3) is 0.448. The van der Waals surface area contributed by atoms with E-state index < -0.39 is 52.2 Å². The van der Waals surface area contributed by atoms with Gasteiger partial charge in [-0.3, -0.25) is 0 Å². The molecule has 0 spiro atoms. The Bertz CT molecular complexity index is 4180. The highest BCUT2D eigenvalue weighted by molar-refractivity contribution is 6.32. The number of rotatable bonds is 19. The number of hydrogen-bond acceptors (Lipinski definition) is 14. The molecule has 8 saturated heterocycles. The van der Waals surface area contributed by atoms with E-state index in [1.54, 1.807) is 0 Å². The van der Waals surface area contributed by atoms with Crippen LogP contribution in [0, 0.1) is 6.92 Å². The Hall–Kier alpha value is -6.12. The van der Waals surface area contributed by atoms with Crippen LogP contribution in [0.15, 0.2) is 170 Å². The van der Waals surface area contributed by atoms with Crippen molar-refractivity contribution < 1.29 is 67.4 Å². The van der Waals surface area contributed by atoms with Gasteiger partial charge in [0.15, 0.2) is 23.1 Å². The summed E-state index contributed by atoms with van der Waals surface area (Å²) < 4.78 is 66.0. The van der Waals surface area contributed by atoms with Crippen molar-refractivity contribution in [3.8, 4) is 17.2 Å². The van der Waals surface area contributed by atoms with E-state index in [1.165, 1.54) is 11.1 Å². The lowest BCUT2D eigenvalue weighted by molar-refractivity contribution is -0.242. The van der Waals surface area contributed by atoms with E-state index in [-0.39, 0.29) is 12.2 Å². The summed E-state index contributed by atoms with van der Waals surface area (Å²) in [6.07, 6.45) is 10.1. The van der Waals surface area contributed by atoms with Crippen LogP contribution in [0.1, 0.15) is 178 Å². The molecular formula is C87H98Cl4O14. The molecule has 8 aliphatic rings. The Morgan fingerprint density at radius 3 is 1.22 bits per heavy atom. The fourth-order valence-corrected chi connectivity index (χ4v) is 16.6. The highest BCUT2D eigenvalue weighted by atomic mass is 35.5. The van der Waals surface area contributed by atoms with Crippen molar-refractivity contribution in [1.82, 2.24) is 0 Å². The van der Waals surface area contributed by atoms with Gasteiger partial charge in [-0.2, -0.15) is 0 Å². The van der Waals surface area contributed by atoms with E-state index in [4.69, 9.17) is 98.5 Å². The lowest BCUT2D eigenvalue weighted by atomic mass is 9.88. The van der Waals surface area contributed by atoms with Crippen LogP contribution < -0.4 is 14.2 Å². The molecule has 8 aliphatic heterocycles. The number of aliphatic hydroxyl groups is 3. The smallest absolute Gasteiger partial charge is 0.198 e. The fourth-order valence-electron chi connectivity index (χ4n) is 15.9. The van der Waals surface area contributed by atoms with E-state index in [9.17, 15) is 15.3 Å². The Morgan fingerprint density at radius 2 is 0.771 bits per heavy atom. The molecule has 0 aliphatic carbocycles. The van der Waals surface area contributed by atoms with Gasteiger partial charge in [-0.05, 0) is 236 Å². The Kier molecular flexibility index (Phi) is 23.6. The molecule has 10 atom stereocenters. The quantitative estimate of drug-likeness (QED) is 0.0701. The lowest BCUT2D eigenvalue weighted by Crippen LogP contribution is -2.47. The highest BCUT2D eigenvalue weighted by Crippen LogP contribution is 2.54. The minimum Gasteiger partial charge on any atom is -0.494 e. The van der Waals surface area contributed by atoms with Crippen molar-refractivity contribution in [2.24, 2.45) is 0 Å². The second-order valence-electron chi connectivity index (χ2n) is 30.1. The number of ether oxygens (including phenoxy) is 11. The van der Waals surface area contributed by atoms with E-state index in [1.807, 2.05) is 120 Å². The van der Waals surface area contributed by atoms with Crippen LogP contribution in [0.3, 0.4) is 0 Å². The third kappa shape index (κ3) is 17.3. The highest BCUT2D eigenvalue weighted by Gasteiger charge is 2.58. The van der Waals surface area contributed by atoms with Gasteiger partial charge in [0.25, 0.3) is 0 Å². The molecule has 8 aromatic carbocycles. The molecule has 16 rings (SSSR count). The average molecular weight is 1510 g/mol. The van der Waals surface area contributed by atoms with Gasteiger partial charge in [0, 0.05) is 74.4 Å². The molecular weight excluding hydrogens is 1410 g/mol. The molecule has 0 radical (unpaired) electrons. The Labute approximate surface area is 638 Å².